The molecule has 2 N–H and O–H groups in total. The van der Waals surface area contributed by atoms with Crippen LogP contribution in [0.3, 0.4) is 0 Å². The lowest BCUT2D eigenvalue weighted by Crippen LogP contribution is -2.06. The van der Waals surface area contributed by atoms with Gasteiger partial charge in [-0.3, -0.25) is 0 Å². The zero-order valence-corrected chi connectivity index (χ0v) is 11.4. The standard InChI is InChI=1S/C11H12IN3O2/c1-17-10-6-9(12)5-8(11(10)16)7-15-14-4-2-3-13/h5-7,14,16H,2,4H2,1H3. The van der Waals surface area contributed by atoms with Crippen LogP contribution in [0.5, 0.6) is 11.5 Å². The normalized spacial score (nSPS) is 10.2. The number of nitrogens with one attached hydrogen (secondary N) is 1. The van der Waals surface area contributed by atoms with E-state index < -0.39 is 0 Å². The number of rotatable bonds is 5. The second-order valence-electron chi connectivity index (χ2n) is 3.12. The molecule has 0 atom stereocenters. The van der Waals surface area contributed by atoms with Crippen molar-refractivity contribution in [1.29, 1.82) is 5.26 Å². The monoisotopic (exact) mass is 345 g/mol. The fourth-order valence-electron chi connectivity index (χ4n) is 1.14. The van der Waals surface area contributed by atoms with Crippen LogP contribution in [0.1, 0.15) is 12.0 Å². The number of methoxy groups -OCH3 is 1. The summed E-state index contributed by atoms with van der Waals surface area (Å²) < 4.78 is 5.97. The predicted octanol–water partition coefficient (Wildman–Crippen LogP) is 1.84. The molecule has 6 heteroatoms. The van der Waals surface area contributed by atoms with E-state index in [0.29, 0.717) is 24.3 Å². The average Bonchev–Trinajstić information content (AvgIpc) is 2.32. The van der Waals surface area contributed by atoms with Crippen LogP contribution in [0, 0.1) is 14.9 Å². The third-order valence-corrected chi connectivity index (χ3v) is 2.56. The summed E-state index contributed by atoms with van der Waals surface area (Å²) >= 11 is 2.13. The van der Waals surface area contributed by atoms with Gasteiger partial charge in [-0.15, -0.1) is 0 Å². The number of nitriles is 1. The van der Waals surface area contributed by atoms with Gasteiger partial charge in [-0.05, 0) is 34.7 Å². The van der Waals surface area contributed by atoms with Crippen LogP contribution in [0.4, 0.5) is 0 Å². The SMILES string of the molecule is COc1cc(I)cc(C=NNCCC#N)c1O. The molecule has 1 aromatic rings. The second-order valence-corrected chi connectivity index (χ2v) is 4.37. The van der Waals surface area contributed by atoms with Crippen molar-refractivity contribution in [3.63, 3.8) is 0 Å². The molecule has 0 radical (unpaired) electrons. The average molecular weight is 345 g/mol. The fraction of sp³-hybridized carbons (Fsp3) is 0.273. The number of hydrogen-bond acceptors (Lipinski definition) is 5. The highest BCUT2D eigenvalue weighted by molar-refractivity contribution is 14.1. The molecule has 0 saturated carbocycles. The highest BCUT2D eigenvalue weighted by Gasteiger charge is 2.07. The summed E-state index contributed by atoms with van der Waals surface area (Å²) in [6, 6.07) is 5.52. The van der Waals surface area contributed by atoms with Gasteiger partial charge in [0.1, 0.15) is 0 Å². The minimum absolute atomic E-state index is 0.0544. The summed E-state index contributed by atoms with van der Waals surface area (Å²) in [4.78, 5) is 0. The minimum atomic E-state index is 0.0544. The fourth-order valence-corrected chi connectivity index (χ4v) is 1.76. The third-order valence-electron chi connectivity index (χ3n) is 1.93. The lowest BCUT2D eigenvalue weighted by atomic mass is 10.2. The molecule has 5 nitrogen and oxygen atoms in total. The van der Waals surface area contributed by atoms with Crippen molar-refractivity contribution < 1.29 is 9.84 Å². The van der Waals surface area contributed by atoms with E-state index in [1.54, 1.807) is 12.1 Å². The Kier molecular flexibility index (Phi) is 5.56. The smallest absolute Gasteiger partial charge is 0.166 e. The molecule has 0 aromatic heterocycles. The quantitative estimate of drug-likeness (QED) is 0.370. The van der Waals surface area contributed by atoms with Crippen LogP contribution >= 0.6 is 22.6 Å². The van der Waals surface area contributed by atoms with Gasteiger partial charge in [0.15, 0.2) is 11.5 Å². The molecule has 1 rings (SSSR count). The summed E-state index contributed by atoms with van der Waals surface area (Å²) in [7, 11) is 1.50. The summed E-state index contributed by atoms with van der Waals surface area (Å²) in [5.41, 5.74) is 3.28. The largest absolute Gasteiger partial charge is 0.504 e. The molecule has 1 aromatic carbocycles. The van der Waals surface area contributed by atoms with Gasteiger partial charge < -0.3 is 15.3 Å². The third kappa shape index (κ3) is 4.11. The van der Waals surface area contributed by atoms with Crippen molar-refractivity contribution in [1.82, 2.24) is 5.43 Å². The molecule has 0 unspecified atom stereocenters. The Morgan fingerprint density at radius 2 is 2.41 bits per heavy atom. The maximum absolute atomic E-state index is 9.82. The molecule has 0 bridgehead atoms. The molecule has 0 aliphatic rings. The molecular formula is C11H12IN3O2. The number of ether oxygens (including phenoxy) is 1. The molecular weight excluding hydrogens is 333 g/mol. The van der Waals surface area contributed by atoms with Gasteiger partial charge in [-0.2, -0.15) is 10.4 Å². The Balaban J connectivity index is 2.77. The molecule has 0 aliphatic heterocycles. The van der Waals surface area contributed by atoms with Crippen molar-refractivity contribution in [3.8, 4) is 17.6 Å². The molecule has 0 aliphatic carbocycles. The van der Waals surface area contributed by atoms with Gasteiger partial charge in [-0.25, -0.2) is 0 Å². The number of hydrazone groups is 1. The minimum Gasteiger partial charge on any atom is -0.504 e. The van der Waals surface area contributed by atoms with E-state index in [0.717, 1.165) is 3.57 Å². The molecule has 0 amide bonds. The van der Waals surface area contributed by atoms with Gasteiger partial charge >= 0.3 is 0 Å². The van der Waals surface area contributed by atoms with E-state index in [1.165, 1.54) is 13.3 Å². The molecule has 0 spiro atoms. The van der Waals surface area contributed by atoms with E-state index >= 15 is 0 Å². The molecule has 17 heavy (non-hydrogen) atoms. The van der Waals surface area contributed by atoms with Crippen molar-refractivity contribution in [2.75, 3.05) is 13.7 Å². The maximum Gasteiger partial charge on any atom is 0.166 e. The Morgan fingerprint density at radius 3 is 3.06 bits per heavy atom. The zero-order chi connectivity index (χ0) is 12.7. The maximum atomic E-state index is 9.82. The van der Waals surface area contributed by atoms with Crippen LogP contribution in [0.25, 0.3) is 0 Å². The van der Waals surface area contributed by atoms with E-state index in [9.17, 15) is 5.11 Å². The first-order valence-corrected chi connectivity index (χ1v) is 5.96. The predicted molar refractivity (Wildman–Crippen MR) is 73.2 cm³/mol. The van der Waals surface area contributed by atoms with Crippen LogP contribution in [0.15, 0.2) is 17.2 Å². The van der Waals surface area contributed by atoms with Crippen LogP contribution in [0.2, 0.25) is 0 Å². The first-order valence-electron chi connectivity index (χ1n) is 4.88. The van der Waals surface area contributed by atoms with Gasteiger partial charge in [-0.1, -0.05) is 0 Å². The Morgan fingerprint density at radius 1 is 1.65 bits per heavy atom. The number of benzene rings is 1. The molecule has 0 fully saturated rings. The van der Waals surface area contributed by atoms with Crippen molar-refractivity contribution >= 4 is 28.8 Å². The lowest BCUT2D eigenvalue weighted by Gasteiger charge is -2.06. The number of phenols is 1. The summed E-state index contributed by atoms with van der Waals surface area (Å²) in [5.74, 6) is 0.467. The second kappa shape index (κ2) is 6.96. The van der Waals surface area contributed by atoms with Gasteiger partial charge in [0.2, 0.25) is 0 Å². The van der Waals surface area contributed by atoms with E-state index in [4.69, 9.17) is 10.00 Å². The molecule has 0 saturated heterocycles. The van der Waals surface area contributed by atoms with Crippen LogP contribution < -0.4 is 10.2 Å². The highest BCUT2D eigenvalue weighted by Crippen LogP contribution is 2.30. The molecule has 90 valence electrons. The lowest BCUT2D eigenvalue weighted by molar-refractivity contribution is 0.373. The van der Waals surface area contributed by atoms with Crippen LogP contribution in [-0.2, 0) is 0 Å². The van der Waals surface area contributed by atoms with Crippen molar-refractivity contribution in [2.45, 2.75) is 6.42 Å². The van der Waals surface area contributed by atoms with E-state index in [1.807, 2.05) is 6.07 Å². The van der Waals surface area contributed by atoms with Gasteiger partial charge in [0.25, 0.3) is 0 Å². The van der Waals surface area contributed by atoms with E-state index in [2.05, 4.69) is 33.1 Å². The van der Waals surface area contributed by atoms with Gasteiger partial charge in [0, 0.05) is 15.7 Å². The number of halogens is 1. The zero-order valence-electron chi connectivity index (χ0n) is 9.27. The topological polar surface area (TPSA) is 77.6 Å². The Hall–Kier alpha value is -1.49. The van der Waals surface area contributed by atoms with E-state index in [-0.39, 0.29) is 5.75 Å². The summed E-state index contributed by atoms with van der Waals surface area (Å²) in [6.45, 7) is 0.481. The Labute approximate surface area is 113 Å². The molecule has 0 heterocycles. The number of nitrogens with zero attached hydrogens (tertiary/aromatic N) is 2. The summed E-state index contributed by atoms with van der Waals surface area (Å²) in [5, 5.41) is 22.1. The number of hydrogen-bond donors (Lipinski definition) is 2. The Bertz CT molecular complexity index is 455. The first-order chi connectivity index (χ1) is 8.19. The van der Waals surface area contributed by atoms with Crippen molar-refractivity contribution in [3.05, 3.63) is 21.3 Å². The van der Waals surface area contributed by atoms with Crippen molar-refractivity contribution in [2.24, 2.45) is 5.10 Å². The first kappa shape index (κ1) is 13.6. The van der Waals surface area contributed by atoms with Gasteiger partial charge in [0.05, 0.1) is 25.8 Å². The highest BCUT2D eigenvalue weighted by atomic mass is 127. The van der Waals surface area contributed by atoms with Crippen LogP contribution in [-0.4, -0.2) is 25.0 Å². The number of aromatic hydroxyl groups is 1. The number of phenolic OH excluding ortho intramolecular Hbond substituents is 1. The summed E-state index contributed by atoms with van der Waals surface area (Å²) in [6.07, 6.45) is 1.89.